The van der Waals surface area contributed by atoms with Gasteiger partial charge in [0, 0.05) is 38.3 Å². The molecule has 0 amide bonds. The zero-order valence-electron chi connectivity index (χ0n) is 12.1. The number of pyridine rings is 1. The van der Waals surface area contributed by atoms with Gasteiger partial charge in [-0.05, 0) is 25.0 Å². The van der Waals surface area contributed by atoms with Crippen LogP contribution in [0.25, 0.3) is 0 Å². The van der Waals surface area contributed by atoms with Gasteiger partial charge in [-0.3, -0.25) is 5.41 Å². The second-order valence-corrected chi connectivity index (χ2v) is 5.88. The van der Waals surface area contributed by atoms with E-state index in [2.05, 4.69) is 20.9 Å². The molecule has 2 aliphatic rings. The van der Waals surface area contributed by atoms with Crippen molar-refractivity contribution < 1.29 is 0 Å². The fourth-order valence-corrected chi connectivity index (χ4v) is 3.35. The number of piperazine rings is 1. The van der Waals surface area contributed by atoms with E-state index in [9.17, 15) is 0 Å². The lowest BCUT2D eigenvalue weighted by molar-refractivity contribution is 0.335. The molecule has 108 valence electrons. The summed E-state index contributed by atoms with van der Waals surface area (Å²) in [7, 11) is 0. The molecule has 0 atom stereocenters. The average Bonchev–Trinajstić information content (AvgIpc) is 2.56. The molecule has 0 bridgehead atoms. The minimum Gasteiger partial charge on any atom is -0.357 e. The van der Waals surface area contributed by atoms with Gasteiger partial charge in [0.1, 0.15) is 5.82 Å². The predicted molar refractivity (Wildman–Crippen MR) is 82.3 cm³/mol. The summed E-state index contributed by atoms with van der Waals surface area (Å²) in [4.78, 5) is 9.03. The number of aromatic nitrogens is 1. The first-order valence-corrected chi connectivity index (χ1v) is 7.84. The standard InChI is InChI=1S/C16H24N4/c17-16(14-6-2-1-3-7-14)20-12-10-19(11-13-20)15-8-4-5-9-18-15/h4-5,8-9,14,17H,1-3,6-7,10-13H2. The second kappa shape index (κ2) is 6.25. The Morgan fingerprint density at radius 1 is 1.05 bits per heavy atom. The van der Waals surface area contributed by atoms with Gasteiger partial charge in [-0.2, -0.15) is 0 Å². The number of anilines is 1. The molecule has 2 fully saturated rings. The lowest BCUT2D eigenvalue weighted by atomic mass is 9.88. The SMILES string of the molecule is N=C(C1CCCCC1)N1CCN(c2ccccn2)CC1. The van der Waals surface area contributed by atoms with Gasteiger partial charge in [0.25, 0.3) is 0 Å². The maximum Gasteiger partial charge on any atom is 0.128 e. The summed E-state index contributed by atoms with van der Waals surface area (Å²) in [6.07, 6.45) is 8.27. The van der Waals surface area contributed by atoms with Crippen molar-refractivity contribution in [2.75, 3.05) is 31.1 Å². The molecule has 20 heavy (non-hydrogen) atoms. The molecule has 0 aromatic carbocycles. The average molecular weight is 272 g/mol. The summed E-state index contributed by atoms with van der Waals surface area (Å²) in [5.41, 5.74) is 0. The van der Waals surface area contributed by atoms with E-state index in [4.69, 9.17) is 5.41 Å². The molecule has 2 heterocycles. The van der Waals surface area contributed by atoms with Gasteiger partial charge in [0.15, 0.2) is 0 Å². The molecule has 3 rings (SSSR count). The molecule has 1 aromatic rings. The first kappa shape index (κ1) is 13.4. The molecule has 1 aliphatic carbocycles. The third kappa shape index (κ3) is 2.94. The minimum atomic E-state index is 0.519. The largest absolute Gasteiger partial charge is 0.357 e. The third-order valence-corrected chi connectivity index (χ3v) is 4.59. The van der Waals surface area contributed by atoms with Crippen LogP contribution in [0.5, 0.6) is 0 Å². The van der Waals surface area contributed by atoms with Crippen LogP contribution in [0, 0.1) is 11.3 Å². The van der Waals surface area contributed by atoms with Crippen LogP contribution in [0.4, 0.5) is 5.82 Å². The van der Waals surface area contributed by atoms with Crippen LogP contribution in [-0.4, -0.2) is 41.9 Å². The molecule has 4 nitrogen and oxygen atoms in total. The molecule has 0 unspecified atom stereocenters. The number of hydrogen-bond acceptors (Lipinski definition) is 3. The van der Waals surface area contributed by atoms with Crippen molar-refractivity contribution in [2.45, 2.75) is 32.1 Å². The van der Waals surface area contributed by atoms with Crippen LogP contribution < -0.4 is 4.90 Å². The summed E-state index contributed by atoms with van der Waals surface area (Å²) in [5.74, 6) is 2.48. The summed E-state index contributed by atoms with van der Waals surface area (Å²) in [6.45, 7) is 3.88. The Morgan fingerprint density at radius 3 is 2.45 bits per heavy atom. The normalized spacial score (nSPS) is 21.0. The van der Waals surface area contributed by atoms with Crippen molar-refractivity contribution in [3.63, 3.8) is 0 Å². The minimum absolute atomic E-state index is 0.519. The number of amidine groups is 1. The van der Waals surface area contributed by atoms with Crippen LogP contribution in [-0.2, 0) is 0 Å². The van der Waals surface area contributed by atoms with Crippen molar-refractivity contribution in [1.29, 1.82) is 5.41 Å². The van der Waals surface area contributed by atoms with E-state index in [1.807, 2.05) is 18.3 Å². The second-order valence-electron chi connectivity index (χ2n) is 5.88. The van der Waals surface area contributed by atoms with Crippen LogP contribution in [0.15, 0.2) is 24.4 Å². The number of nitrogens with zero attached hydrogens (tertiary/aromatic N) is 3. The highest BCUT2D eigenvalue weighted by atomic mass is 15.3. The smallest absolute Gasteiger partial charge is 0.128 e. The quantitative estimate of drug-likeness (QED) is 0.665. The molecule has 1 saturated carbocycles. The van der Waals surface area contributed by atoms with Crippen LogP contribution in [0.2, 0.25) is 0 Å². The maximum absolute atomic E-state index is 8.44. The fraction of sp³-hybridized carbons (Fsp3) is 0.625. The Morgan fingerprint density at radius 2 is 1.80 bits per heavy atom. The topological polar surface area (TPSA) is 43.2 Å². The zero-order valence-corrected chi connectivity index (χ0v) is 12.1. The van der Waals surface area contributed by atoms with E-state index in [0.717, 1.165) is 37.8 Å². The third-order valence-electron chi connectivity index (χ3n) is 4.59. The lowest BCUT2D eigenvalue weighted by Crippen LogP contribution is -2.50. The fourth-order valence-electron chi connectivity index (χ4n) is 3.35. The predicted octanol–water partition coefficient (Wildman–Crippen LogP) is 2.76. The molecular weight excluding hydrogens is 248 g/mol. The number of rotatable bonds is 2. The molecule has 0 spiro atoms. The van der Waals surface area contributed by atoms with Crippen LogP contribution >= 0.6 is 0 Å². The van der Waals surface area contributed by atoms with E-state index in [0.29, 0.717) is 5.92 Å². The summed E-state index contributed by atoms with van der Waals surface area (Å²) in [6, 6.07) is 6.07. The van der Waals surface area contributed by atoms with Crippen molar-refractivity contribution in [2.24, 2.45) is 5.92 Å². The van der Waals surface area contributed by atoms with Gasteiger partial charge in [0.2, 0.25) is 0 Å². The highest BCUT2D eigenvalue weighted by Gasteiger charge is 2.25. The number of nitrogens with one attached hydrogen (secondary N) is 1. The van der Waals surface area contributed by atoms with Gasteiger partial charge in [0.05, 0.1) is 5.84 Å². The highest BCUT2D eigenvalue weighted by Crippen LogP contribution is 2.26. The monoisotopic (exact) mass is 272 g/mol. The first-order valence-electron chi connectivity index (χ1n) is 7.84. The van der Waals surface area contributed by atoms with Gasteiger partial charge in [-0.1, -0.05) is 25.3 Å². The van der Waals surface area contributed by atoms with Gasteiger partial charge >= 0.3 is 0 Å². The molecule has 1 saturated heterocycles. The van der Waals surface area contributed by atoms with E-state index in [1.54, 1.807) is 0 Å². The molecule has 1 aliphatic heterocycles. The number of hydrogen-bond donors (Lipinski definition) is 1. The van der Waals surface area contributed by atoms with E-state index in [1.165, 1.54) is 32.1 Å². The molecule has 0 radical (unpaired) electrons. The van der Waals surface area contributed by atoms with E-state index < -0.39 is 0 Å². The van der Waals surface area contributed by atoms with Crippen molar-refractivity contribution in [1.82, 2.24) is 9.88 Å². The lowest BCUT2D eigenvalue weighted by Gasteiger charge is -2.39. The molecule has 4 heteroatoms. The summed E-state index contributed by atoms with van der Waals surface area (Å²) < 4.78 is 0. The Hall–Kier alpha value is -1.58. The highest BCUT2D eigenvalue weighted by molar-refractivity contribution is 5.82. The van der Waals surface area contributed by atoms with Crippen molar-refractivity contribution >= 4 is 11.7 Å². The van der Waals surface area contributed by atoms with E-state index in [-0.39, 0.29) is 0 Å². The van der Waals surface area contributed by atoms with Crippen molar-refractivity contribution in [3.05, 3.63) is 24.4 Å². The van der Waals surface area contributed by atoms with E-state index >= 15 is 0 Å². The zero-order chi connectivity index (χ0) is 13.8. The Balaban J connectivity index is 1.54. The van der Waals surface area contributed by atoms with Gasteiger partial charge in [-0.15, -0.1) is 0 Å². The Labute approximate surface area is 121 Å². The first-order chi connectivity index (χ1) is 9.84. The van der Waals surface area contributed by atoms with Gasteiger partial charge in [-0.25, -0.2) is 4.98 Å². The molecule has 1 N–H and O–H groups in total. The van der Waals surface area contributed by atoms with Crippen LogP contribution in [0.3, 0.4) is 0 Å². The van der Waals surface area contributed by atoms with Gasteiger partial charge < -0.3 is 9.80 Å². The molecular formula is C16H24N4. The summed E-state index contributed by atoms with van der Waals surface area (Å²) in [5, 5.41) is 8.44. The van der Waals surface area contributed by atoms with Crippen LogP contribution in [0.1, 0.15) is 32.1 Å². The molecule has 1 aromatic heterocycles. The Bertz CT molecular complexity index is 431. The maximum atomic E-state index is 8.44. The summed E-state index contributed by atoms with van der Waals surface area (Å²) >= 11 is 0. The van der Waals surface area contributed by atoms with Crippen molar-refractivity contribution in [3.8, 4) is 0 Å². The Kier molecular flexibility index (Phi) is 4.19.